The molecule has 2 saturated heterocycles. The van der Waals surface area contributed by atoms with Crippen molar-refractivity contribution in [2.45, 2.75) is 38.6 Å². The van der Waals surface area contributed by atoms with Gasteiger partial charge in [-0.3, -0.25) is 14.5 Å². The molecule has 1 unspecified atom stereocenters. The first-order valence-corrected chi connectivity index (χ1v) is 7.56. The number of hydrogen-bond acceptors (Lipinski definition) is 4. The molecule has 0 aliphatic carbocycles. The minimum atomic E-state index is -0.854. The third kappa shape index (κ3) is 3.53. The lowest BCUT2D eigenvalue weighted by molar-refractivity contribution is -0.135. The Bertz CT molecular complexity index is 430. The lowest BCUT2D eigenvalue weighted by Crippen LogP contribution is -2.57. The molecule has 2 aliphatic rings. The Morgan fingerprint density at radius 2 is 2.19 bits per heavy atom. The van der Waals surface area contributed by atoms with Gasteiger partial charge in [0.1, 0.15) is 12.1 Å². The van der Waals surface area contributed by atoms with Crippen molar-refractivity contribution in [3.63, 3.8) is 0 Å². The van der Waals surface area contributed by atoms with Gasteiger partial charge in [-0.15, -0.1) is 0 Å². The van der Waals surface area contributed by atoms with Crippen molar-refractivity contribution in [3.8, 4) is 0 Å². The van der Waals surface area contributed by atoms with Crippen LogP contribution >= 0.6 is 0 Å². The standard InChI is InChI=1S/C14H24N4O3/c1-10(2)4-7-16-11(19)8-18-12(20)14(17-13(18)21)5-3-6-15-9-14/h10,15H,3-9H2,1-2H3,(H,16,19)(H,17,21). The van der Waals surface area contributed by atoms with E-state index >= 15 is 0 Å². The topological polar surface area (TPSA) is 90.5 Å². The summed E-state index contributed by atoms with van der Waals surface area (Å²) in [5, 5.41) is 8.61. The highest BCUT2D eigenvalue weighted by molar-refractivity contribution is 6.09. The average molecular weight is 296 g/mol. The van der Waals surface area contributed by atoms with Crippen LogP contribution in [0, 0.1) is 5.92 Å². The fourth-order valence-electron chi connectivity index (χ4n) is 2.71. The average Bonchev–Trinajstić information content (AvgIpc) is 2.64. The maximum atomic E-state index is 12.4. The fraction of sp³-hybridized carbons (Fsp3) is 0.786. The van der Waals surface area contributed by atoms with Crippen molar-refractivity contribution in [3.05, 3.63) is 0 Å². The highest BCUT2D eigenvalue weighted by Gasteiger charge is 2.51. The van der Waals surface area contributed by atoms with Crippen molar-refractivity contribution < 1.29 is 14.4 Å². The van der Waals surface area contributed by atoms with Crippen LogP contribution < -0.4 is 16.0 Å². The van der Waals surface area contributed by atoms with E-state index < -0.39 is 11.6 Å². The monoisotopic (exact) mass is 296 g/mol. The molecule has 118 valence electrons. The first-order valence-electron chi connectivity index (χ1n) is 7.56. The summed E-state index contributed by atoms with van der Waals surface area (Å²) in [7, 11) is 0. The Kier molecular flexibility index (Phi) is 4.82. The molecule has 0 bridgehead atoms. The Morgan fingerprint density at radius 3 is 2.81 bits per heavy atom. The van der Waals surface area contributed by atoms with Gasteiger partial charge in [0.15, 0.2) is 0 Å². The molecular weight excluding hydrogens is 272 g/mol. The summed E-state index contributed by atoms with van der Waals surface area (Å²) in [5.41, 5.74) is -0.854. The Balaban J connectivity index is 1.89. The number of imide groups is 1. The van der Waals surface area contributed by atoms with E-state index in [9.17, 15) is 14.4 Å². The van der Waals surface area contributed by atoms with Crippen LogP contribution in [0.5, 0.6) is 0 Å². The number of nitrogens with one attached hydrogen (secondary N) is 3. The highest BCUT2D eigenvalue weighted by atomic mass is 16.2. The minimum Gasteiger partial charge on any atom is -0.355 e. The summed E-state index contributed by atoms with van der Waals surface area (Å²) in [6.45, 7) is 5.79. The second kappa shape index (κ2) is 6.43. The van der Waals surface area contributed by atoms with Crippen molar-refractivity contribution in [1.29, 1.82) is 0 Å². The maximum absolute atomic E-state index is 12.4. The molecule has 21 heavy (non-hydrogen) atoms. The van der Waals surface area contributed by atoms with E-state index in [2.05, 4.69) is 29.8 Å². The summed E-state index contributed by atoms with van der Waals surface area (Å²) in [6, 6.07) is -0.470. The van der Waals surface area contributed by atoms with Crippen LogP contribution in [0.15, 0.2) is 0 Å². The van der Waals surface area contributed by atoms with E-state index in [-0.39, 0.29) is 18.4 Å². The Hall–Kier alpha value is -1.63. The van der Waals surface area contributed by atoms with Crippen molar-refractivity contribution >= 4 is 17.8 Å². The first-order chi connectivity index (χ1) is 9.94. The minimum absolute atomic E-state index is 0.204. The van der Waals surface area contributed by atoms with E-state index in [1.54, 1.807) is 0 Å². The van der Waals surface area contributed by atoms with Crippen LogP contribution in [-0.2, 0) is 9.59 Å². The number of amides is 4. The lowest BCUT2D eigenvalue weighted by atomic mass is 9.90. The predicted octanol–water partition coefficient (Wildman–Crippen LogP) is -0.177. The molecule has 2 rings (SSSR count). The van der Waals surface area contributed by atoms with Gasteiger partial charge in [-0.2, -0.15) is 0 Å². The zero-order chi connectivity index (χ0) is 15.5. The number of rotatable bonds is 5. The molecule has 2 heterocycles. The zero-order valence-corrected chi connectivity index (χ0v) is 12.7. The van der Waals surface area contributed by atoms with Crippen molar-refractivity contribution in [2.75, 3.05) is 26.2 Å². The number of carbonyl (C=O) groups is 3. The molecular formula is C14H24N4O3. The van der Waals surface area contributed by atoms with E-state index in [0.29, 0.717) is 25.4 Å². The lowest BCUT2D eigenvalue weighted by Gasteiger charge is -2.31. The quantitative estimate of drug-likeness (QED) is 0.614. The van der Waals surface area contributed by atoms with Crippen molar-refractivity contribution in [1.82, 2.24) is 20.9 Å². The van der Waals surface area contributed by atoms with Crippen molar-refractivity contribution in [2.24, 2.45) is 5.92 Å². The fourth-order valence-corrected chi connectivity index (χ4v) is 2.71. The van der Waals surface area contributed by atoms with Crippen LogP contribution in [0.1, 0.15) is 33.1 Å². The van der Waals surface area contributed by atoms with Crippen LogP contribution in [0.2, 0.25) is 0 Å². The molecule has 2 fully saturated rings. The molecule has 0 aromatic rings. The van der Waals surface area contributed by atoms with E-state index in [4.69, 9.17) is 0 Å². The first kappa shape index (κ1) is 15.8. The summed E-state index contributed by atoms with van der Waals surface area (Å²) in [5.74, 6) is -0.0859. The predicted molar refractivity (Wildman–Crippen MR) is 77.5 cm³/mol. The van der Waals surface area contributed by atoms with Crippen LogP contribution in [0.3, 0.4) is 0 Å². The molecule has 1 spiro atoms. The third-order valence-corrected chi connectivity index (χ3v) is 3.98. The molecule has 0 aromatic carbocycles. The van der Waals surface area contributed by atoms with Gasteiger partial charge in [-0.25, -0.2) is 4.79 Å². The molecule has 2 aliphatic heterocycles. The number of hydrogen-bond donors (Lipinski definition) is 3. The van der Waals surface area contributed by atoms with E-state index in [1.165, 1.54) is 0 Å². The molecule has 0 radical (unpaired) electrons. The second-order valence-corrected chi connectivity index (χ2v) is 6.22. The van der Waals surface area contributed by atoms with Crippen LogP contribution in [0.25, 0.3) is 0 Å². The molecule has 4 amide bonds. The van der Waals surface area contributed by atoms with Gasteiger partial charge >= 0.3 is 6.03 Å². The largest absolute Gasteiger partial charge is 0.355 e. The molecule has 0 saturated carbocycles. The van der Waals surface area contributed by atoms with Gasteiger partial charge in [-0.05, 0) is 31.7 Å². The zero-order valence-electron chi connectivity index (χ0n) is 12.7. The summed E-state index contributed by atoms with van der Waals surface area (Å²) in [4.78, 5) is 37.3. The van der Waals surface area contributed by atoms with E-state index in [0.717, 1.165) is 24.3 Å². The van der Waals surface area contributed by atoms with Gasteiger partial charge < -0.3 is 16.0 Å². The van der Waals surface area contributed by atoms with Gasteiger partial charge in [0, 0.05) is 13.1 Å². The van der Waals surface area contributed by atoms with Crippen LogP contribution in [0.4, 0.5) is 4.79 Å². The molecule has 3 N–H and O–H groups in total. The number of piperidine rings is 1. The maximum Gasteiger partial charge on any atom is 0.325 e. The van der Waals surface area contributed by atoms with Gasteiger partial charge in [0.05, 0.1) is 0 Å². The number of nitrogens with zero attached hydrogens (tertiary/aromatic N) is 1. The van der Waals surface area contributed by atoms with Gasteiger partial charge in [0.25, 0.3) is 5.91 Å². The molecule has 7 heteroatoms. The molecule has 1 atom stereocenters. The number of carbonyl (C=O) groups excluding carboxylic acids is 3. The highest BCUT2D eigenvalue weighted by Crippen LogP contribution is 2.24. The summed E-state index contributed by atoms with van der Waals surface area (Å²) < 4.78 is 0. The molecule has 0 aromatic heterocycles. The smallest absolute Gasteiger partial charge is 0.325 e. The normalized spacial score (nSPS) is 25.6. The molecule has 7 nitrogen and oxygen atoms in total. The summed E-state index contributed by atoms with van der Waals surface area (Å²) >= 11 is 0. The third-order valence-electron chi connectivity index (χ3n) is 3.98. The van der Waals surface area contributed by atoms with Gasteiger partial charge in [-0.1, -0.05) is 13.8 Å². The second-order valence-electron chi connectivity index (χ2n) is 6.22. The van der Waals surface area contributed by atoms with Gasteiger partial charge in [0.2, 0.25) is 5.91 Å². The van der Waals surface area contributed by atoms with E-state index in [1.807, 2.05) is 0 Å². The Morgan fingerprint density at radius 1 is 1.43 bits per heavy atom. The van der Waals surface area contributed by atoms with Crippen LogP contribution in [-0.4, -0.2) is 54.5 Å². The Labute approximate surface area is 124 Å². The SMILES string of the molecule is CC(C)CCNC(=O)CN1C(=O)NC2(CCCNC2)C1=O. The number of urea groups is 1. The summed E-state index contributed by atoms with van der Waals surface area (Å²) in [6.07, 6.45) is 2.33.